The fourth-order valence-electron chi connectivity index (χ4n) is 9.39. The zero-order chi connectivity index (χ0) is 34.6. The van der Waals surface area contributed by atoms with Crippen LogP contribution >= 0.6 is 0 Å². The molecule has 1 aliphatic rings. The van der Waals surface area contributed by atoms with Crippen molar-refractivity contribution in [3.05, 3.63) is 181 Å². The average Bonchev–Trinajstić information content (AvgIpc) is 3.69. The smallest absolute Gasteiger partial charge is 0.143 e. The van der Waals surface area contributed by atoms with Crippen molar-refractivity contribution in [1.29, 1.82) is 0 Å². The molecule has 1 nitrogen and oxygen atoms in total. The van der Waals surface area contributed by atoms with E-state index in [1.807, 2.05) is 0 Å². The van der Waals surface area contributed by atoms with E-state index >= 15 is 0 Å². The molecule has 1 heterocycles. The van der Waals surface area contributed by atoms with Crippen LogP contribution < -0.4 is 0 Å². The first-order valence-electron chi connectivity index (χ1n) is 18.2. The lowest BCUT2D eigenvalue weighted by Gasteiger charge is -2.23. The fraction of sp³-hybridized carbons (Fsp3) is 0.0588. The molecule has 52 heavy (non-hydrogen) atoms. The molecule has 1 aromatic heterocycles. The largest absolute Gasteiger partial charge is 0.455 e. The lowest BCUT2D eigenvalue weighted by atomic mass is 9.79. The van der Waals surface area contributed by atoms with E-state index in [1.165, 1.54) is 87.6 Å². The van der Waals surface area contributed by atoms with E-state index in [0.717, 1.165) is 22.3 Å². The van der Waals surface area contributed by atoms with Crippen molar-refractivity contribution < 1.29 is 4.42 Å². The number of hydrogen-bond donors (Lipinski definition) is 0. The van der Waals surface area contributed by atoms with Crippen molar-refractivity contribution in [3.8, 4) is 44.5 Å². The van der Waals surface area contributed by atoms with Crippen molar-refractivity contribution in [2.75, 3.05) is 0 Å². The van der Waals surface area contributed by atoms with E-state index in [9.17, 15) is 0 Å². The highest BCUT2D eigenvalue weighted by molar-refractivity contribution is 6.25. The van der Waals surface area contributed by atoms with Gasteiger partial charge in [-0.25, -0.2) is 0 Å². The second-order valence-corrected chi connectivity index (χ2v) is 14.8. The maximum Gasteiger partial charge on any atom is 0.143 e. The molecule has 0 spiro atoms. The quantitative estimate of drug-likeness (QED) is 0.172. The summed E-state index contributed by atoms with van der Waals surface area (Å²) in [6.07, 6.45) is 0. The van der Waals surface area contributed by atoms with E-state index in [1.54, 1.807) is 0 Å². The highest BCUT2D eigenvalue weighted by atomic mass is 16.3. The van der Waals surface area contributed by atoms with Gasteiger partial charge in [-0.15, -0.1) is 0 Å². The Morgan fingerprint density at radius 2 is 0.981 bits per heavy atom. The molecule has 0 bridgehead atoms. The van der Waals surface area contributed by atoms with Gasteiger partial charge in [0.25, 0.3) is 0 Å². The Morgan fingerprint density at radius 3 is 1.71 bits per heavy atom. The Labute approximate surface area is 302 Å². The summed E-state index contributed by atoms with van der Waals surface area (Å²) in [4.78, 5) is 0. The Morgan fingerprint density at radius 1 is 0.404 bits per heavy atom. The predicted octanol–water partition coefficient (Wildman–Crippen LogP) is 14.4. The summed E-state index contributed by atoms with van der Waals surface area (Å²) in [5.74, 6) is 0. The van der Waals surface area contributed by atoms with Crippen LogP contribution in [-0.2, 0) is 5.41 Å². The molecule has 0 radical (unpaired) electrons. The number of furan rings is 1. The van der Waals surface area contributed by atoms with Gasteiger partial charge in [0.05, 0.1) is 0 Å². The van der Waals surface area contributed by atoms with Crippen LogP contribution in [-0.4, -0.2) is 0 Å². The Hall–Kier alpha value is -6.44. The first-order chi connectivity index (χ1) is 25.6. The zero-order valence-electron chi connectivity index (χ0n) is 29.1. The summed E-state index contributed by atoms with van der Waals surface area (Å²) >= 11 is 0. The number of hydrogen-bond acceptors (Lipinski definition) is 1. The number of benzene rings is 9. The van der Waals surface area contributed by atoms with Gasteiger partial charge in [0.15, 0.2) is 0 Å². The normalized spacial score (nSPS) is 13.3. The van der Waals surface area contributed by atoms with Gasteiger partial charge in [-0.3, -0.25) is 0 Å². The van der Waals surface area contributed by atoms with Gasteiger partial charge in [-0.1, -0.05) is 166 Å². The van der Waals surface area contributed by atoms with Gasteiger partial charge >= 0.3 is 0 Å². The van der Waals surface area contributed by atoms with Crippen LogP contribution in [0.5, 0.6) is 0 Å². The molecule has 0 aliphatic heterocycles. The molecule has 0 fully saturated rings. The van der Waals surface area contributed by atoms with Gasteiger partial charge in [-0.2, -0.15) is 0 Å². The van der Waals surface area contributed by atoms with Crippen LogP contribution in [0.4, 0.5) is 0 Å². The molecule has 0 N–H and O–H groups in total. The molecule has 10 aromatic rings. The third kappa shape index (κ3) is 3.99. The monoisotopic (exact) mass is 662 g/mol. The number of fused-ring (bicyclic) bond motifs is 11. The van der Waals surface area contributed by atoms with Crippen molar-refractivity contribution >= 4 is 54.3 Å². The van der Waals surface area contributed by atoms with E-state index < -0.39 is 0 Å². The van der Waals surface area contributed by atoms with Crippen molar-refractivity contribution in [1.82, 2.24) is 0 Å². The first kappa shape index (κ1) is 29.3. The first-order valence-corrected chi connectivity index (χ1v) is 18.2. The predicted molar refractivity (Wildman–Crippen MR) is 220 cm³/mol. The summed E-state index contributed by atoms with van der Waals surface area (Å²) < 4.78 is 7.01. The topological polar surface area (TPSA) is 13.1 Å². The van der Waals surface area contributed by atoms with Gasteiger partial charge in [0.1, 0.15) is 11.2 Å². The fourth-order valence-corrected chi connectivity index (χ4v) is 9.39. The van der Waals surface area contributed by atoms with E-state index in [2.05, 4.69) is 184 Å². The minimum Gasteiger partial charge on any atom is -0.455 e. The van der Waals surface area contributed by atoms with Crippen molar-refractivity contribution in [2.45, 2.75) is 19.3 Å². The summed E-state index contributed by atoms with van der Waals surface area (Å²) in [6.45, 7) is 4.74. The lowest BCUT2D eigenvalue weighted by Crippen LogP contribution is -2.15. The van der Waals surface area contributed by atoms with E-state index in [-0.39, 0.29) is 5.41 Å². The summed E-state index contributed by atoms with van der Waals surface area (Å²) in [5, 5.41) is 9.92. The van der Waals surface area contributed by atoms with Crippen LogP contribution in [0.15, 0.2) is 174 Å². The highest BCUT2D eigenvalue weighted by Crippen LogP contribution is 2.56. The Balaban J connectivity index is 1.24. The second kappa shape index (κ2) is 10.8. The zero-order valence-corrected chi connectivity index (χ0v) is 29.1. The van der Waals surface area contributed by atoms with Crippen LogP contribution in [0.1, 0.15) is 25.0 Å². The van der Waals surface area contributed by atoms with Crippen LogP contribution in [0, 0.1) is 0 Å². The Kier molecular flexibility index (Phi) is 6.08. The molecule has 244 valence electrons. The molecule has 0 amide bonds. The third-order valence-corrected chi connectivity index (χ3v) is 11.6. The minimum absolute atomic E-state index is 0.184. The molecule has 0 saturated carbocycles. The van der Waals surface area contributed by atoms with Gasteiger partial charge in [0, 0.05) is 21.8 Å². The number of rotatable bonds is 3. The minimum atomic E-state index is -0.184. The second-order valence-electron chi connectivity index (χ2n) is 14.8. The van der Waals surface area contributed by atoms with Crippen molar-refractivity contribution in [2.24, 2.45) is 0 Å². The van der Waals surface area contributed by atoms with Crippen LogP contribution in [0.25, 0.3) is 98.8 Å². The average molecular weight is 663 g/mol. The molecule has 0 saturated heterocycles. The standard InChI is InChI=1S/C51H34O/c1-51(2)43-26-13-12-21-36(43)42-30-41(50-48(49(42)51)47-35-20-7-6-15-31(35)27-28-44(47)52-50)33-18-14-19-34(29-33)46-39-24-10-8-22-37(39)45(32-16-4-3-5-17-32)38-23-9-11-25-40(38)46/h3-30H,1-2H3. The molecule has 1 heteroatoms. The summed E-state index contributed by atoms with van der Waals surface area (Å²) in [5.41, 5.74) is 14.3. The SMILES string of the molecule is CC1(C)c2ccccc2-c2cc(-c3cccc(-c4c5ccccc5c(-c5ccccc5)c5ccccc45)c3)c3oc4ccc5ccccc5c4c3c21. The third-order valence-electron chi connectivity index (χ3n) is 11.6. The molecular formula is C51H34O. The molecule has 0 unspecified atom stereocenters. The molecule has 11 rings (SSSR count). The summed E-state index contributed by atoms with van der Waals surface area (Å²) in [6, 6.07) is 62.1. The van der Waals surface area contributed by atoms with E-state index in [0.29, 0.717) is 0 Å². The summed E-state index contributed by atoms with van der Waals surface area (Å²) in [7, 11) is 0. The maximum absolute atomic E-state index is 7.01. The lowest BCUT2D eigenvalue weighted by molar-refractivity contribution is 0.657. The van der Waals surface area contributed by atoms with Crippen LogP contribution in [0.3, 0.4) is 0 Å². The van der Waals surface area contributed by atoms with E-state index in [4.69, 9.17) is 4.42 Å². The Bertz CT molecular complexity index is 3030. The highest BCUT2D eigenvalue weighted by Gasteiger charge is 2.39. The van der Waals surface area contributed by atoms with Crippen LogP contribution in [0.2, 0.25) is 0 Å². The molecule has 9 aromatic carbocycles. The van der Waals surface area contributed by atoms with Gasteiger partial charge in [-0.05, 0) is 101 Å². The maximum atomic E-state index is 7.01. The van der Waals surface area contributed by atoms with Crippen molar-refractivity contribution in [3.63, 3.8) is 0 Å². The molecule has 0 atom stereocenters. The molecular weight excluding hydrogens is 629 g/mol. The molecule has 1 aliphatic carbocycles. The van der Waals surface area contributed by atoms with Gasteiger partial charge < -0.3 is 4.42 Å². The van der Waals surface area contributed by atoms with Gasteiger partial charge in [0.2, 0.25) is 0 Å².